The van der Waals surface area contributed by atoms with Crippen LogP contribution in [0, 0.1) is 6.92 Å². The van der Waals surface area contributed by atoms with Gasteiger partial charge in [0.2, 0.25) is 0 Å². The van der Waals surface area contributed by atoms with Crippen LogP contribution in [0.15, 0.2) is 24.7 Å². The molecule has 0 aliphatic rings. The number of nitrogens with zero attached hydrogens (tertiary/aromatic N) is 2. The van der Waals surface area contributed by atoms with E-state index in [4.69, 9.17) is 4.74 Å². The van der Waals surface area contributed by atoms with Crippen LogP contribution in [-0.4, -0.2) is 33.7 Å². The van der Waals surface area contributed by atoms with Crippen LogP contribution in [0.4, 0.5) is 5.69 Å². The van der Waals surface area contributed by atoms with Gasteiger partial charge in [0.05, 0.1) is 30.3 Å². The van der Waals surface area contributed by atoms with E-state index in [1.54, 1.807) is 20.0 Å². The third-order valence-electron chi connectivity index (χ3n) is 2.65. The summed E-state index contributed by atoms with van der Waals surface area (Å²) in [5.74, 6) is -0.848. The maximum absolute atomic E-state index is 12.0. The summed E-state index contributed by atoms with van der Waals surface area (Å²) in [5, 5.41) is 9.88. The van der Waals surface area contributed by atoms with Crippen LogP contribution >= 0.6 is 0 Å². The Bertz CT molecular complexity index is 622. The number of nitrogens with one attached hydrogen (secondary N) is 2. The highest BCUT2D eigenvalue weighted by Gasteiger charge is 2.19. The fourth-order valence-electron chi connectivity index (χ4n) is 1.71. The zero-order valence-electron chi connectivity index (χ0n) is 11.1. The van der Waals surface area contributed by atoms with Gasteiger partial charge in [-0.05, 0) is 19.9 Å². The molecular weight excluding hydrogens is 260 g/mol. The van der Waals surface area contributed by atoms with Gasteiger partial charge in [-0.25, -0.2) is 4.79 Å². The van der Waals surface area contributed by atoms with E-state index in [0.29, 0.717) is 22.5 Å². The van der Waals surface area contributed by atoms with Crippen molar-refractivity contribution >= 4 is 17.6 Å². The van der Waals surface area contributed by atoms with Crippen LogP contribution < -0.4 is 5.32 Å². The molecule has 2 aromatic rings. The number of hydrogen-bond acceptors (Lipinski definition) is 5. The lowest BCUT2D eigenvalue weighted by Gasteiger charge is -2.06. The minimum Gasteiger partial charge on any atom is -0.462 e. The molecule has 0 spiro atoms. The molecule has 0 aliphatic heterocycles. The Kier molecular flexibility index (Phi) is 4.09. The molecule has 20 heavy (non-hydrogen) atoms. The number of anilines is 1. The highest BCUT2D eigenvalue weighted by Crippen LogP contribution is 2.21. The quantitative estimate of drug-likeness (QED) is 0.824. The van der Waals surface area contributed by atoms with Gasteiger partial charge in [0.25, 0.3) is 5.91 Å². The SMILES string of the molecule is CCOC(=O)c1c(NC(=O)c2ccnnc2)c[nH]c1C. The predicted octanol–water partition coefficient (Wildman–Crippen LogP) is 1.54. The second kappa shape index (κ2) is 5.96. The molecule has 0 aromatic carbocycles. The van der Waals surface area contributed by atoms with Crippen LogP contribution in [0.3, 0.4) is 0 Å². The van der Waals surface area contributed by atoms with Crippen molar-refractivity contribution in [2.24, 2.45) is 0 Å². The number of ether oxygens (including phenoxy) is 1. The molecule has 2 rings (SSSR count). The molecule has 2 aromatic heterocycles. The third-order valence-corrected chi connectivity index (χ3v) is 2.65. The van der Waals surface area contributed by atoms with Crippen LogP contribution in [-0.2, 0) is 4.74 Å². The largest absolute Gasteiger partial charge is 0.462 e. The van der Waals surface area contributed by atoms with Crippen molar-refractivity contribution in [1.82, 2.24) is 15.2 Å². The summed E-state index contributed by atoms with van der Waals surface area (Å²) >= 11 is 0. The Labute approximate surface area is 115 Å². The van der Waals surface area contributed by atoms with E-state index >= 15 is 0 Å². The van der Waals surface area contributed by atoms with E-state index in [9.17, 15) is 9.59 Å². The number of H-pyrrole nitrogens is 1. The Balaban J connectivity index is 2.22. The Hall–Kier alpha value is -2.70. The van der Waals surface area contributed by atoms with Crippen molar-refractivity contribution in [3.63, 3.8) is 0 Å². The summed E-state index contributed by atoms with van der Waals surface area (Å²) in [6.07, 6.45) is 4.32. The predicted molar refractivity (Wildman–Crippen MR) is 71.5 cm³/mol. The average Bonchev–Trinajstić information content (AvgIpc) is 2.81. The molecule has 2 heterocycles. The Morgan fingerprint density at radius 1 is 1.40 bits per heavy atom. The molecule has 0 bridgehead atoms. The molecule has 0 unspecified atom stereocenters. The van der Waals surface area contributed by atoms with Gasteiger partial charge in [-0.2, -0.15) is 10.2 Å². The Morgan fingerprint density at radius 3 is 2.85 bits per heavy atom. The van der Waals surface area contributed by atoms with Gasteiger partial charge in [0, 0.05) is 11.9 Å². The number of hydrogen-bond donors (Lipinski definition) is 2. The molecule has 7 heteroatoms. The van der Waals surface area contributed by atoms with E-state index in [1.165, 1.54) is 18.5 Å². The molecule has 0 radical (unpaired) electrons. The van der Waals surface area contributed by atoms with E-state index < -0.39 is 5.97 Å². The summed E-state index contributed by atoms with van der Waals surface area (Å²) < 4.78 is 4.96. The maximum atomic E-state index is 12.0. The molecule has 0 saturated heterocycles. The van der Waals surface area contributed by atoms with Crippen molar-refractivity contribution in [1.29, 1.82) is 0 Å². The number of aromatic nitrogens is 3. The summed E-state index contributed by atoms with van der Waals surface area (Å²) in [6.45, 7) is 3.72. The lowest BCUT2D eigenvalue weighted by atomic mass is 10.2. The minimum atomic E-state index is -0.477. The monoisotopic (exact) mass is 274 g/mol. The van der Waals surface area contributed by atoms with Crippen LogP contribution in [0.5, 0.6) is 0 Å². The van der Waals surface area contributed by atoms with Gasteiger partial charge in [0.15, 0.2) is 0 Å². The first-order chi connectivity index (χ1) is 9.63. The zero-order chi connectivity index (χ0) is 14.5. The number of esters is 1. The first kappa shape index (κ1) is 13.7. The molecule has 0 atom stereocenters. The van der Waals surface area contributed by atoms with Crippen molar-refractivity contribution in [2.45, 2.75) is 13.8 Å². The van der Waals surface area contributed by atoms with Crippen LogP contribution in [0.25, 0.3) is 0 Å². The number of rotatable bonds is 4. The normalized spacial score (nSPS) is 10.1. The first-order valence-electron chi connectivity index (χ1n) is 6.06. The number of aryl methyl sites for hydroxylation is 1. The number of aromatic amines is 1. The molecular formula is C13H14N4O3. The molecule has 1 amide bonds. The van der Waals surface area contributed by atoms with E-state index in [1.807, 2.05) is 0 Å². The van der Waals surface area contributed by atoms with Crippen LogP contribution in [0.1, 0.15) is 33.3 Å². The van der Waals surface area contributed by atoms with Gasteiger partial charge in [-0.1, -0.05) is 0 Å². The minimum absolute atomic E-state index is 0.269. The standard InChI is InChI=1S/C13H14N4O3/c1-3-20-13(19)11-8(2)14-7-10(11)17-12(18)9-4-5-15-16-6-9/h4-7,14H,3H2,1-2H3,(H,17,18). The smallest absolute Gasteiger partial charge is 0.342 e. The summed E-state index contributed by atoms with van der Waals surface area (Å²) in [6, 6.07) is 1.53. The number of amides is 1. The number of carbonyl (C=O) groups excluding carboxylic acids is 2. The highest BCUT2D eigenvalue weighted by molar-refractivity contribution is 6.08. The molecule has 2 N–H and O–H groups in total. The summed E-state index contributed by atoms with van der Waals surface area (Å²) in [4.78, 5) is 26.8. The van der Waals surface area contributed by atoms with Crippen LogP contribution in [0.2, 0.25) is 0 Å². The maximum Gasteiger partial charge on any atom is 0.342 e. The fraction of sp³-hybridized carbons (Fsp3) is 0.231. The Morgan fingerprint density at radius 2 is 2.20 bits per heavy atom. The highest BCUT2D eigenvalue weighted by atomic mass is 16.5. The first-order valence-corrected chi connectivity index (χ1v) is 6.06. The average molecular weight is 274 g/mol. The molecule has 0 fully saturated rings. The lowest BCUT2D eigenvalue weighted by molar-refractivity contribution is 0.0527. The second-order valence-corrected chi connectivity index (χ2v) is 4.01. The summed E-state index contributed by atoms with van der Waals surface area (Å²) in [5.41, 5.74) is 1.69. The second-order valence-electron chi connectivity index (χ2n) is 4.01. The molecule has 7 nitrogen and oxygen atoms in total. The molecule has 104 valence electrons. The van der Waals surface area contributed by atoms with Crippen molar-refractivity contribution in [3.05, 3.63) is 41.5 Å². The van der Waals surface area contributed by atoms with Gasteiger partial charge in [-0.3, -0.25) is 4.79 Å². The van der Waals surface area contributed by atoms with Gasteiger partial charge in [0.1, 0.15) is 5.56 Å². The van der Waals surface area contributed by atoms with Crippen molar-refractivity contribution in [3.8, 4) is 0 Å². The lowest BCUT2D eigenvalue weighted by Crippen LogP contribution is -2.15. The zero-order valence-corrected chi connectivity index (χ0v) is 11.1. The van der Waals surface area contributed by atoms with Gasteiger partial charge >= 0.3 is 5.97 Å². The fourth-order valence-corrected chi connectivity index (χ4v) is 1.71. The molecule has 0 saturated carbocycles. The van der Waals surface area contributed by atoms with Crippen molar-refractivity contribution < 1.29 is 14.3 Å². The third kappa shape index (κ3) is 2.82. The van der Waals surface area contributed by atoms with Gasteiger partial charge in [-0.15, -0.1) is 0 Å². The summed E-state index contributed by atoms with van der Waals surface area (Å²) in [7, 11) is 0. The topological polar surface area (TPSA) is 97.0 Å². The molecule has 0 aliphatic carbocycles. The van der Waals surface area contributed by atoms with E-state index in [2.05, 4.69) is 20.5 Å². The number of carbonyl (C=O) groups is 2. The van der Waals surface area contributed by atoms with E-state index in [0.717, 1.165) is 0 Å². The van der Waals surface area contributed by atoms with Crippen molar-refractivity contribution in [2.75, 3.05) is 11.9 Å². The van der Waals surface area contributed by atoms with E-state index in [-0.39, 0.29) is 12.5 Å². The van der Waals surface area contributed by atoms with Gasteiger partial charge < -0.3 is 15.0 Å².